The van der Waals surface area contributed by atoms with E-state index in [2.05, 4.69) is 28.4 Å². The molecular formula is C13H24N4. The first-order valence-electron chi connectivity index (χ1n) is 6.65. The Morgan fingerprint density at radius 3 is 2.94 bits per heavy atom. The van der Waals surface area contributed by atoms with Gasteiger partial charge in [0.15, 0.2) is 0 Å². The predicted octanol–water partition coefficient (Wildman–Crippen LogP) is 1.37. The van der Waals surface area contributed by atoms with Gasteiger partial charge in [0.25, 0.3) is 0 Å². The second kappa shape index (κ2) is 5.65. The summed E-state index contributed by atoms with van der Waals surface area (Å²) in [5, 5.41) is 0. The molecule has 0 spiro atoms. The average Bonchev–Trinajstić information content (AvgIpc) is 2.95. The van der Waals surface area contributed by atoms with Gasteiger partial charge in [-0.2, -0.15) is 0 Å². The van der Waals surface area contributed by atoms with Crippen LogP contribution in [0.2, 0.25) is 0 Å². The van der Waals surface area contributed by atoms with Gasteiger partial charge >= 0.3 is 0 Å². The van der Waals surface area contributed by atoms with Crippen LogP contribution in [0.1, 0.15) is 31.9 Å². The topological polar surface area (TPSA) is 47.1 Å². The molecule has 1 aliphatic carbocycles. The highest BCUT2D eigenvalue weighted by molar-refractivity contribution is 4.99. The maximum atomic E-state index is 5.88. The molecule has 2 N–H and O–H groups in total. The first kappa shape index (κ1) is 12.6. The Hall–Kier alpha value is -0.870. The molecule has 1 aromatic rings. The van der Waals surface area contributed by atoms with E-state index in [0.717, 1.165) is 19.6 Å². The van der Waals surface area contributed by atoms with Crippen LogP contribution >= 0.6 is 0 Å². The van der Waals surface area contributed by atoms with Crippen molar-refractivity contribution in [2.45, 2.75) is 38.8 Å². The van der Waals surface area contributed by atoms with Crippen LogP contribution in [0.25, 0.3) is 0 Å². The van der Waals surface area contributed by atoms with E-state index in [9.17, 15) is 0 Å². The lowest BCUT2D eigenvalue weighted by Crippen LogP contribution is -2.40. The maximum absolute atomic E-state index is 5.88. The van der Waals surface area contributed by atoms with Gasteiger partial charge in [-0.15, -0.1) is 0 Å². The van der Waals surface area contributed by atoms with E-state index in [1.807, 2.05) is 12.5 Å². The molecule has 0 bridgehead atoms. The highest BCUT2D eigenvalue weighted by atomic mass is 15.2. The Bertz CT molecular complexity index is 347. The van der Waals surface area contributed by atoms with Crippen molar-refractivity contribution in [3.8, 4) is 0 Å². The molecule has 4 nitrogen and oxygen atoms in total. The monoisotopic (exact) mass is 236 g/mol. The Labute approximate surface area is 104 Å². The second-order valence-corrected chi connectivity index (χ2v) is 5.05. The SMILES string of the molecule is CCN(Cc1cncn1C)C1CCCC1CN. The summed E-state index contributed by atoms with van der Waals surface area (Å²) in [7, 11) is 2.06. The number of rotatable bonds is 5. The molecule has 2 rings (SSSR count). The Morgan fingerprint density at radius 1 is 1.53 bits per heavy atom. The highest BCUT2D eigenvalue weighted by Crippen LogP contribution is 2.29. The molecule has 1 saturated carbocycles. The standard InChI is InChI=1S/C13H24N4/c1-3-17(9-12-8-15-10-16(12)2)13-6-4-5-11(13)7-14/h8,10-11,13H,3-7,9,14H2,1-2H3. The van der Waals surface area contributed by atoms with E-state index in [4.69, 9.17) is 5.73 Å². The van der Waals surface area contributed by atoms with Crippen LogP contribution in [0.4, 0.5) is 0 Å². The minimum Gasteiger partial charge on any atom is -0.337 e. The lowest BCUT2D eigenvalue weighted by Gasteiger charge is -2.31. The molecule has 0 saturated heterocycles. The van der Waals surface area contributed by atoms with Gasteiger partial charge in [-0.05, 0) is 31.8 Å². The van der Waals surface area contributed by atoms with Gasteiger partial charge in [-0.1, -0.05) is 13.3 Å². The molecule has 4 heteroatoms. The molecule has 1 heterocycles. The van der Waals surface area contributed by atoms with Gasteiger partial charge < -0.3 is 10.3 Å². The zero-order chi connectivity index (χ0) is 12.3. The Kier molecular flexibility index (Phi) is 4.18. The van der Waals surface area contributed by atoms with E-state index in [1.165, 1.54) is 25.0 Å². The second-order valence-electron chi connectivity index (χ2n) is 5.05. The van der Waals surface area contributed by atoms with Crippen molar-refractivity contribution in [3.05, 3.63) is 18.2 Å². The van der Waals surface area contributed by atoms with E-state index in [1.54, 1.807) is 0 Å². The van der Waals surface area contributed by atoms with Gasteiger partial charge in [0.2, 0.25) is 0 Å². The van der Waals surface area contributed by atoms with E-state index in [0.29, 0.717) is 12.0 Å². The summed E-state index contributed by atoms with van der Waals surface area (Å²) in [6.07, 6.45) is 7.76. The van der Waals surface area contributed by atoms with Crippen molar-refractivity contribution in [1.82, 2.24) is 14.5 Å². The fraction of sp³-hybridized carbons (Fsp3) is 0.769. The fourth-order valence-corrected chi connectivity index (χ4v) is 2.98. The van der Waals surface area contributed by atoms with Crippen LogP contribution in [0.5, 0.6) is 0 Å². The van der Waals surface area contributed by atoms with Gasteiger partial charge in [0.1, 0.15) is 0 Å². The molecular weight excluding hydrogens is 212 g/mol. The quantitative estimate of drug-likeness (QED) is 0.840. The van der Waals surface area contributed by atoms with Gasteiger partial charge in [-0.3, -0.25) is 4.90 Å². The van der Waals surface area contributed by atoms with Gasteiger partial charge in [0.05, 0.1) is 12.0 Å². The molecule has 96 valence electrons. The Balaban J connectivity index is 2.03. The normalized spacial score (nSPS) is 24.7. The molecule has 1 aromatic heterocycles. The highest BCUT2D eigenvalue weighted by Gasteiger charge is 2.30. The average molecular weight is 236 g/mol. The van der Waals surface area contributed by atoms with Crippen molar-refractivity contribution in [3.63, 3.8) is 0 Å². The first-order valence-corrected chi connectivity index (χ1v) is 6.65. The molecule has 2 unspecified atom stereocenters. The molecule has 1 aliphatic rings. The summed E-state index contributed by atoms with van der Waals surface area (Å²) in [6, 6.07) is 0.667. The maximum Gasteiger partial charge on any atom is 0.0945 e. The molecule has 17 heavy (non-hydrogen) atoms. The van der Waals surface area contributed by atoms with Crippen LogP contribution < -0.4 is 5.73 Å². The van der Waals surface area contributed by atoms with Crippen molar-refractivity contribution >= 4 is 0 Å². The van der Waals surface area contributed by atoms with Crippen LogP contribution in [0, 0.1) is 5.92 Å². The van der Waals surface area contributed by atoms with Crippen molar-refractivity contribution in [2.75, 3.05) is 13.1 Å². The van der Waals surface area contributed by atoms with Crippen molar-refractivity contribution in [1.29, 1.82) is 0 Å². The van der Waals surface area contributed by atoms with Crippen LogP contribution in [0.3, 0.4) is 0 Å². The third-order valence-electron chi connectivity index (χ3n) is 4.08. The zero-order valence-corrected chi connectivity index (χ0v) is 11.0. The number of nitrogens with two attached hydrogens (primary N) is 1. The summed E-state index contributed by atoms with van der Waals surface area (Å²) >= 11 is 0. The zero-order valence-electron chi connectivity index (χ0n) is 11.0. The lowest BCUT2D eigenvalue weighted by atomic mass is 10.0. The summed E-state index contributed by atoms with van der Waals surface area (Å²) in [5.74, 6) is 0.683. The number of hydrogen-bond donors (Lipinski definition) is 1. The van der Waals surface area contributed by atoms with Crippen LogP contribution in [-0.4, -0.2) is 33.6 Å². The smallest absolute Gasteiger partial charge is 0.0945 e. The number of aromatic nitrogens is 2. The summed E-state index contributed by atoms with van der Waals surface area (Å²) < 4.78 is 2.11. The minimum atomic E-state index is 0.667. The molecule has 0 aliphatic heterocycles. The first-order chi connectivity index (χ1) is 8.26. The van der Waals surface area contributed by atoms with E-state index >= 15 is 0 Å². The van der Waals surface area contributed by atoms with Crippen LogP contribution in [0.15, 0.2) is 12.5 Å². The number of nitrogens with zero attached hydrogens (tertiary/aromatic N) is 3. The number of hydrogen-bond acceptors (Lipinski definition) is 3. The van der Waals surface area contributed by atoms with E-state index < -0.39 is 0 Å². The predicted molar refractivity (Wildman–Crippen MR) is 69.5 cm³/mol. The molecule has 0 aromatic carbocycles. The molecule has 2 atom stereocenters. The lowest BCUT2D eigenvalue weighted by molar-refractivity contribution is 0.159. The molecule has 0 radical (unpaired) electrons. The van der Waals surface area contributed by atoms with Gasteiger partial charge in [0, 0.05) is 25.8 Å². The van der Waals surface area contributed by atoms with Crippen molar-refractivity contribution in [2.24, 2.45) is 18.7 Å². The third kappa shape index (κ3) is 2.69. The summed E-state index contributed by atoms with van der Waals surface area (Å²) in [6.45, 7) is 5.15. The number of imidazole rings is 1. The molecule has 0 amide bonds. The summed E-state index contributed by atoms with van der Waals surface area (Å²) in [5.41, 5.74) is 7.16. The van der Waals surface area contributed by atoms with Crippen molar-refractivity contribution < 1.29 is 0 Å². The van der Waals surface area contributed by atoms with E-state index in [-0.39, 0.29) is 0 Å². The largest absolute Gasteiger partial charge is 0.337 e. The third-order valence-corrected chi connectivity index (χ3v) is 4.08. The Morgan fingerprint density at radius 2 is 2.35 bits per heavy atom. The van der Waals surface area contributed by atoms with Crippen LogP contribution in [-0.2, 0) is 13.6 Å². The minimum absolute atomic E-state index is 0.667. The summed E-state index contributed by atoms with van der Waals surface area (Å²) in [4.78, 5) is 6.74. The molecule has 1 fully saturated rings. The fourth-order valence-electron chi connectivity index (χ4n) is 2.98. The number of aryl methyl sites for hydroxylation is 1. The van der Waals surface area contributed by atoms with Gasteiger partial charge in [-0.25, -0.2) is 4.98 Å².